The molecule has 1 saturated carbocycles. The molecule has 4 nitrogen and oxygen atoms in total. The van der Waals surface area contributed by atoms with Gasteiger partial charge in [0, 0.05) is 13.1 Å². The minimum atomic E-state index is 0.576. The van der Waals surface area contributed by atoms with Gasteiger partial charge in [0.05, 0.1) is 18.1 Å². The Morgan fingerprint density at radius 1 is 1.31 bits per heavy atom. The number of aromatic nitrogens is 2. The van der Waals surface area contributed by atoms with Crippen LogP contribution in [0.2, 0.25) is 0 Å². The van der Waals surface area contributed by atoms with Gasteiger partial charge in [-0.05, 0) is 18.8 Å². The fourth-order valence-electron chi connectivity index (χ4n) is 2.43. The number of hydrogen-bond acceptors (Lipinski definition) is 4. The molecule has 0 aliphatic heterocycles. The molecule has 0 aromatic carbocycles. The predicted octanol–water partition coefficient (Wildman–Crippen LogP) is 2.07. The van der Waals surface area contributed by atoms with Gasteiger partial charge in [-0.25, -0.2) is 9.97 Å². The molecule has 0 spiro atoms. The summed E-state index contributed by atoms with van der Waals surface area (Å²) in [5, 5.41) is 0. The first-order chi connectivity index (χ1) is 7.66. The van der Waals surface area contributed by atoms with Crippen molar-refractivity contribution in [3.63, 3.8) is 0 Å². The fourth-order valence-corrected chi connectivity index (χ4v) is 2.43. The Labute approximate surface area is 96.9 Å². The molecule has 16 heavy (non-hydrogen) atoms. The van der Waals surface area contributed by atoms with Gasteiger partial charge >= 0.3 is 0 Å². The Morgan fingerprint density at radius 2 is 2.00 bits per heavy atom. The van der Waals surface area contributed by atoms with Crippen LogP contribution in [0.3, 0.4) is 0 Å². The first-order valence-electron chi connectivity index (χ1n) is 5.97. The minimum absolute atomic E-state index is 0.576. The van der Waals surface area contributed by atoms with E-state index in [1.165, 1.54) is 25.7 Å². The number of nitrogen functional groups attached to an aromatic ring is 1. The zero-order valence-electron chi connectivity index (χ0n) is 10.1. The van der Waals surface area contributed by atoms with E-state index >= 15 is 0 Å². The normalized spacial score (nSPS) is 25.4. The number of hydrogen-bond donors (Lipinski definition) is 1. The largest absolute Gasteiger partial charge is 0.396 e. The van der Waals surface area contributed by atoms with E-state index in [4.69, 9.17) is 5.73 Å². The highest BCUT2D eigenvalue weighted by Gasteiger charge is 2.23. The lowest BCUT2D eigenvalue weighted by molar-refractivity contribution is 0.334. The van der Waals surface area contributed by atoms with Crippen LogP contribution in [-0.2, 0) is 0 Å². The summed E-state index contributed by atoms with van der Waals surface area (Å²) in [6.07, 6.45) is 8.49. The Hall–Kier alpha value is -1.32. The monoisotopic (exact) mass is 220 g/mol. The van der Waals surface area contributed by atoms with Crippen LogP contribution in [0, 0.1) is 5.92 Å². The van der Waals surface area contributed by atoms with E-state index < -0.39 is 0 Å². The van der Waals surface area contributed by atoms with Gasteiger partial charge in [-0.15, -0.1) is 0 Å². The molecule has 0 bridgehead atoms. The molecule has 1 aliphatic carbocycles. The van der Waals surface area contributed by atoms with Gasteiger partial charge in [-0.3, -0.25) is 0 Å². The predicted molar refractivity (Wildman–Crippen MR) is 66.3 cm³/mol. The lowest BCUT2D eigenvalue weighted by atomic mass is 9.86. The number of nitrogens with two attached hydrogens (primary N) is 1. The van der Waals surface area contributed by atoms with E-state index in [0.717, 1.165) is 11.9 Å². The summed E-state index contributed by atoms with van der Waals surface area (Å²) >= 11 is 0. The Bertz CT molecular complexity index is 335. The van der Waals surface area contributed by atoms with Crippen LogP contribution in [-0.4, -0.2) is 23.1 Å². The standard InChI is InChI=1S/C12H20N4/c1-9-4-3-5-11(6-9)16(2)12-14-7-10(13)8-15-12/h7-9,11H,3-6,13H2,1-2H3. The third kappa shape index (κ3) is 2.43. The molecule has 2 N–H and O–H groups in total. The highest BCUT2D eigenvalue weighted by molar-refractivity contribution is 5.38. The van der Waals surface area contributed by atoms with Crippen molar-refractivity contribution in [2.75, 3.05) is 17.7 Å². The van der Waals surface area contributed by atoms with Crippen LogP contribution in [0.25, 0.3) is 0 Å². The maximum Gasteiger partial charge on any atom is 0.225 e. The van der Waals surface area contributed by atoms with Gasteiger partial charge in [0.1, 0.15) is 0 Å². The van der Waals surface area contributed by atoms with Gasteiger partial charge in [0.2, 0.25) is 5.95 Å². The van der Waals surface area contributed by atoms with Crippen molar-refractivity contribution in [3.05, 3.63) is 12.4 Å². The lowest BCUT2D eigenvalue weighted by Crippen LogP contribution is -2.36. The number of anilines is 2. The molecule has 1 aromatic heterocycles. The van der Waals surface area contributed by atoms with Crippen LogP contribution >= 0.6 is 0 Å². The summed E-state index contributed by atoms with van der Waals surface area (Å²) < 4.78 is 0. The van der Waals surface area contributed by atoms with Crippen molar-refractivity contribution in [2.24, 2.45) is 5.92 Å². The Kier molecular flexibility index (Phi) is 3.27. The zero-order chi connectivity index (χ0) is 11.5. The van der Waals surface area contributed by atoms with Gasteiger partial charge < -0.3 is 10.6 Å². The first-order valence-corrected chi connectivity index (χ1v) is 5.97. The van der Waals surface area contributed by atoms with Crippen LogP contribution in [0.15, 0.2) is 12.4 Å². The second-order valence-corrected chi connectivity index (χ2v) is 4.85. The average Bonchev–Trinajstić information content (AvgIpc) is 2.29. The zero-order valence-corrected chi connectivity index (χ0v) is 10.1. The molecular weight excluding hydrogens is 200 g/mol. The second-order valence-electron chi connectivity index (χ2n) is 4.85. The molecule has 2 atom stereocenters. The van der Waals surface area contributed by atoms with Crippen LogP contribution in [0.1, 0.15) is 32.6 Å². The van der Waals surface area contributed by atoms with Crippen LogP contribution in [0.4, 0.5) is 11.6 Å². The van der Waals surface area contributed by atoms with Gasteiger partial charge in [0.25, 0.3) is 0 Å². The summed E-state index contributed by atoms with van der Waals surface area (Å²) in [6.45, 7) is 2.32. The summed E-state index contributed by atoms with van der Waals surface area (Å²) in [6, 6.07) is 0.576. The lowest BCUT2D eigenvalue weighted by Gasteiger charge is -2.34. The third-order valence-electron chi connectivity index (χ3n) is 3.43. The van der Waals surface area contributed by atoms with Gasteiger partial charge in [0.15, 0.2) is 0 Å². The minimum Gasteiger partial charge on any atom is -0.396 e. The van der Waals surface area contributed by atoms with Crippen molar-refractivity contribution >= 4 is 11.6 Å². The Balaban J connectivity index is 2.06. The Morgan fingerprint density at radius 3 is 2.62 bits per heavy atom. The molecule has 1 aliphatic rings. The smallest absolute Gasteiger partial charge is 0.225 e. The molecule has 1 fully saturated rings. The summed E-state index contributed by atoms with van der Waals surface area (Å²) in [4.78, 5) is 10.7. The quantitative estimate of drug-likeness (QED) is 0.829. The first kappa shape index (κ1) is 11.2. The van der Waals surface area contributed by atoms with Gasteiger partial charge in [-0.1, -0.05) is 19.8 Å². The van der Waals surface area contributed by atoms with Crippen molar-refractivity contribution < 1.29 is 0 Å². The van der Waals surface area contributed by atoms with E-state index in [1.807, 2.05) is 0 Å². The maximum absolute atomic E-state index is 5.58. The molecular formula is C12H20N4. The topological polar surface area (TPSA) is 55.0 Å². The van der Waals surface area contributed by atoms with Crippen molar-refractivity contribution in [1.82, 2.24) is 9.97 Å². The van der Waals surface area contributed by atoms with E-state index in [1.54, 1.807) is 12.4 Å². The maximum atomic E-state index is 5.58. The third-order valence-corrected chi connectivity index (χ3v) is 3.43. The molecule has 0 saturated heterocycles. The summed E-state index contributed by atoms with van der Waals surface area (Å²) in [5.74, 6) is 1.60. The fraction of sp³-hybridized carbons (Fsp3) is 0.667. The molecule has 2 unspecified atom stereocenters. The molecule has 88 valence electrons. The second kappa shape index (κ2) is 4.68. The summed E-state index contributed by atoms with van der Waals surface area (Å²) in [5.41, 5.74) is 6.20. The highest BCUT2D eigenvalue weighted by Crippen LogP contribution is 2.28. The van der Waals surface area contributed by atoms with Crippen molar-refractivity contribution in [2.45, 2.75) is 38.6 Å². The van der Waals surface area contributed by atoms with E-state index in [2.05, 4.69) is 28.8 Å². The van der Waals surface area contributed by atoms with Crippen molar-refractivity contribution in [1.29, 1.82) is 0 Å². The highest BCUT2D eigenvalue weighted by atomic mass is 15.2. The average molecular weight is 220 g/mol. The van der Waals surface area contributed by atoms with Gasteiger partial charge in [-0.2, -0.15) is 0 Å². The van der Waals surface area contributed by atoms with Crippen LogP contribution < -0.4 is 10.6 Å². The van der Waals surface area contributed by atoms with E-state index in [-0.39, 0.29) is 0 Å². The molecule has 1 heterocycles. The molecule has 1 aromatic rings. The molecule has 4 heteroatoms. The SMILES string of the molecule is CC1CCCC(N(C)c2ncc(N)cn2)C1. The molecule has 0 amide bonds. The summed E-state index contributed by atoms with van der Waals surface area (Å²) in [7, 11) is 2.08. The van der Waals surface area contributed by atoms with E-state index in [0.29, 0.717) is 11.7 Å². The van der Waals surface area contributed by atoms with Crippen molar-refractivity contribution in [3.8, 4) is 0 Å². The number of rotatable bonds is 2. The number of nitrogens with zero attached hydrogens (tertiary/aromatic N) is 3. The molecule has 0 radical (unpaired) electrons. The molecule has 2 rings (SSSR count). The van der Waals surface area contributed by atoms with Crippen LogP contribution in [0.5, 0.6) is 0 Å². The van der Waals surface area contributed by atoms with E-state index in [9.17, 15) is 0 Å².